The molecule has 45 heavy (non-hydrogen) atoms. The van der Waals surface area contributed by atoms with Crippen molar-refractivity contribution in [2.45, 2.75) is 44.2 Å². The minimum atomic E-state index is -0.575. The maximum absolute atomic E-state index is 2.64. The number of aromatic nitrogens is 3. The van der Waals surface area contributed by atoms with Gasteiger partial charge in [-0.1, -0.05) is 64.1 Å². The highest BCUT2D eigenvalue weighted by Gasteiger charge is 2.69. The van der Waals surface area contributed by atoms with Crippen LogP contribution in [0.2, 0.25) is 0 Å². The Balaban J connectivity index is 1.46. The predicted molar refractivity (Wildman–Crippen MR) is 177 cm³/mol. The van der Waals surface area contributed by atoms with E-state index < -0.39 is 5.66 Å². The lowest BCUT2D eigenvalue weighted by molar-refractivity contribution is -0.961. The molecule has 0 bridgehead atoms. The standard InChI is InChI=1S/C41H30N4/c1-39(2)26-14-5-6-18-31(26)44-32-19-10-13-24-30-17-7-8-20-42(30)41(33(24)32)34-36-25(22-29(39)37(34)44)23-12-9-15-27-35(23)45(36)38-28(40(27,3)4)16-11-21-43(38)41/h5-22H,1-4H3/q+2. The number of rotatable bonds is 0. The Morgan fingerprint density at radius 2 is 1.29 bits per heavy atom. The quantitative estimate of drug-likeness (QED) is 0.167. The van der Waals surface area contributed by atoms with Gasteiger partial charge in [-0.25, -0.2) is 0 Å². The predicted octanol–water partition coefficient (Wildman–Crippen LogP) is 8.01. The second-order valence-corrected chi connectivity index (χ2v) is 14.6. The summed E-state index contributed by atoms with van der Waals surface area (Å²) < 4.78 is 7.87. The third kappa shape index (κ3) is 2.08. The molecular formula is C41H30N4+2. The number of benzene rings is 4. The van der Waals surface area contributed by atoms with E-state index in [1.807, 2.05) is 0 Å². The summed E-state index contributed by atoms with van der Waals surface area (Å²) in [5.74, 6) is 1.29. The summed E-state index contributed by atoms with van der Waals surface area (Å²) in [6, 6.07) is 37.0. The maximum Gasteiger partial charge on any atom is 0.371 e. The number of anilines is 3. The zero-order chi connectivity index (χ0) is 29.8. The molecule has 4 nitrogen and oxygen atoms in total. The zero-order valence-electron chi connectivity index (χ0n) is 25.7. The highest BCUT2D eigenvalue weighted by molar-refractivity contribution is 6.16. The Kier molecular flexibility index (Phi) is 3.46. The molecule has 0 amide bonds. The topological polar surface area (TPSA) is 15.9 Å². The third-order valence-electron chi connectivity index (χ3n) is 12.1. The van der Waals surface area contributed by atoms with Crippen molar-refractivity contribution in [1.29, 1.82) is 0 Å². The summed E-state index contributed by atoms with van der Waals surface area (Å²) in [5.41, 5.74) is 16.6. The Morgan fingerprint density at radius 1 is 0.556 bits per heavy atom. The number of para-hydroxylation sites is 2. The molecule has 0 saturated carbocycles. The fourth-order valence-corrected chi connectivity index (χ4v) is 10.3. The molecule has 0 radical (unpaired) electrons. The first-order valence-corrected chi connectivity index (χ1v) is 16.1. The molecule has 4 aromatic carbocycles. The van der Waals surface area contributed by atoms with Crippen LogP contribution in [0.4, 0.5) is 17.1 Å². The highest BCUT2D eigenvalue weighted by Crippen LogP contribution is 2.65. The van der Waals surface area contributed by atoms with Crippen molar-refractivity contribution in [1.82, 2.24) is 4.57 Å². The van der Waals surface area contributed by atoms with Gasteiger partial charge < -0.3 is 4.90 Å². The molecule has 0 N–H and O–H groups in total. The molecule has 3 aromatic heterocycles. The van der Waals surface area contributed by atoms with E-state index in [4.69, 9.17) is 0 Å². The van der Waals surface area contributed by atoms with E-state index in [9.17, 15) is 0 Å². The summed E-state index contributed by atoms with van der Waals surface area (Å²) >= 11 is 0. The molecule has 4 heteroatoms. The van der Waals surface area contributed by atoms with Gasteiger partial charge in [-0.05, 0) is 59.7 Å². The molecule has 1 unspecified atom stereocenters. The first-order chi connectivity index (χ1) is 21.9. The van der Waals surface area contributed by atoms with Gasteiger partial charge in [0.15, 0.2) is 11.7 Å². The third-order valence-corrected chi connectivity index (χ3v) is 12.1. The molecule has 12 rings (SSSR count). The smallest absolute Gasteiger partial charge is 0.308 e. The van der Waals surface area contributed by atoms with Crippen molar-refractivity contribution in [3.63, 3.8) is 0 Å². The highest BCUT2D eigenvalue weighted by atomic mass is 15.4. The maximum atomic E-state index is 2.64. The van der Waals surface area contributed by atoms with Gasteiger partial charge in [-0.3, -0.25) is 0 Å². The van der Waals surface area contributed by atoms with Gasteiger partial charge >= 0.3 is 5.66 Å². The summed E-state index contributed by atoms with van der Waals surface area (Å²) in [4.78, 5) is 2.61. The van der Waals surface area contributed by atoms with Crippen molar-refractivity contribution >= 4 is 38.9 Å². The summed E-state index contributed by atoms with van der Waals surface area (Å²) in [7, 11) is 0. The molecule has 7 aromatic rings. The van der Waals surface area contributed by atoms with Gasteiger partial charge in [-0.15, -0.1) is 4.57 Å². The number of hydrogen-bond acceptors (Lipinski definition) is 1. The molecule has 1 atom stereocenters. The van der Waals surface area contributed by atoms with E-state index >= 15 is 0 Å². The first-order valence-electron chi connectivity index (χ1n) is 16.1. The van der Waals surface area contributed by atoms with Gasteiger partial charge in [0.2, 0.25) is 5.69 Å². The van der Waals surface area contributed by atoms with Crippen LogP contribution in [0.3, 0.4) is 0 Å². The molecule has 5 aliphatic rings. The lowest BCUT2D eigenvalue weighted by Crippen LogP contribution is -2.76. The van der Waals surface area contributed by atoms with Crippen LogP contribution >= 0.6 is 0 Å². The van der Waals surface area contributed by atoms with E-state index in [0.717, 1.165) is 0 Å². The average Bonchev–Trinajstić information content (AvgIpc) is 3.55. The normalized spacial score (nSPS) is 20.4. The summed E-state index contributed by atoms with van der Waals surface area (Å²) in [5, 5.41) is 2.71. The number of nitrogens with zero attached hydrogens (tertiary/aromatic N) is 4. The molecule has 5 aliphatic heterocycles. The van der Waals surface area contributed by atoms with Crippen LogP contribution in [0, 0.1) is 0 Å². The minimum absolute atomic E-state index is 0.155. The zero-order valence-corrected chi connectivity index (χ0v) is 25.7. The number of hydrogen-bond donors (Lipinski definition) is 0. The molecular weight excluding hydrogens is 548 g/mol. The van der Waals surface area contributed by atoms with E-state index in [0.29, 0.717) is 0 Å². The van der Waals surface area contributed by atoms with E-state index in [1.165, 1.54) is 89.3 Å². The van der Waals surface area contributed by atoms with E-state index in [-0.39, 0.29) is 10.8 Å². The monoisotopic (exact) mass is 578 g/mol. The van der Waals surface area contributed by atoms with Gasteiger partial charge in [0.25, 0.3) is 5.82 Å². The van der Waals surface area contributed by atoms with Gasteiger partial charge in [0.05, 0.1) is 34.4 Å². The molecule has 1 spiro atoms. The van der Waals surface area contributed by atoms with Crippen LogP contribution < -0.4 is 14.0 Å². The summed E-state index contributed by atoms with van der Waals surface area (Å²) in [6.07, 6.45) is 4.68. The lowest BCUT2D eigenvalue weighted by Gasteiger charge is -2.48. The first kappa shape index (κ1) is 23.2. The van der Waals surface area contributed by atoms with E-state index in [1.54, 1.807) is 0 Å². The van der Waals surface area contributed by atoms with Crippen LogP contribution in [-0.4, -0.2) is 4.57 Å². The number of pyridine rings is 2. The second-order valence-electron chi connectivity index (χ2n) is 14.6. The molecule has 0 aliphatic carbocycles. The summed E-state index contributed by atoms with van der Waals surface area (Å²) in [6.45, 7) is 9.68. The Hall–Kier alpha value is -5.22. The van der Waals surface area contributed by atoms with Crippen molar-refractivity contribution in [3.8, 4) is 17.1 Å². The second kappa shape index (κ2) is 6.72. The Bertz CT molecular complexity index is 2620. The molecule has 212 valence electrons. The molecule has 8 heterocycles. The van der Waals surface area contributed by atoms with Gasteiger partial charge in [0, 0.05) is 39.3 Å². The van der Waals surface area contributed by atoms with Crippen molar-refractivity contribution in [2.24, 2.45) is 0 Å². The van der Waals surface area contributed by atoms with Crippen molar-refractivity contribution < 1.29 is 9.13 Å². The van der Waals surface area contributed by atoms with Crippen LogP contribution in [0.5, 0.6) is 0 Å². The lowest BCUT2D eigenvalue weighted by atomic mass is 9.68. The van der Waals surface area contributed by atoms with Crippen molar-refractivity contribution in [2.75, 3.05) is 4.90 Å². The Morgan fingerprint density at radius 3 is 2.20 bits per heavy atom. The van der Waals surface area contributed by atoms with Crippen LogP contribution in [0.25, 0.3) is 38.9 Å². The van der Waals surface area contributed by atoms with Crippen LogP contribution in [0.1, 0.15) is 61.1 Å². The van der Waals surface area contributed by atoms with Crippen LogP contribution in [-0.2, 0) is 16.5 Å². The van der Waals surface area contributed by atoms with Gasteiger partial charge in [-0.2, -0.15) is 9.13 Å². The largest absolute Gasteiger partial charge is 0.371 e. The van der Waals surface area contributed by atoms with Gasteiger partial charge in [0.1, 0.15) is 16.6 Å². The van der Waals surface area contributed by atoms with E-state index in [2.05, 4.69) is 156 Å². The fraction of sp³-hybridized carbons (Fsp3) is 0.171. The SMILES string of the molecule is CC1(C)c2ccccc2N2c3cccc4c3C3(c5c2c1cc1c2cccc6c2n(c51)-c1c(ccc[n+]13)C6(C)C)[n+]1ccccc1-4. The molecule has 0 saturated heterocycles. The Labute approximate surface area is 261 Å². The molecule has 0 fully saturated rings. The average molecular weight is 579 g/mol. The number of fused-ring (bicyclic) bond motifs is 6. The van der Waals surface area contributed by atoms with Crippen molar-refractivity contribution in [3.05, 3.63) is 143 Å². The minimum Gasteiger partial charge on any atom is -0.308 e. The van der Waals surface area contributed by atoms with Crippen LogP contribution in [0.15, 0.2) is 109 Å². The fourth-order valence-electron chi connectivity index (χ4n) is 10.3.